The van der Waals surface area contributed by atoms with Gasteiger partial charge < -0.3 is 29.9 Å². The molecule has 2 fully saturated rings. The lowest BCUT2D eigenvalue weighted by Gasteiger charge is -2.39. The number of rotatable bonds is 6. The molecule has 2 saturated heterocycles. The van der Waals surface area contributed by atoms with Crippen molar-refractivity contribution in [1.82, 2.24) is 15.1 Å². The molecule has 2 rings (SSSR count). The fourth-order valence-electron chi connectivity index (χ4n) is 4.12. The third-order valence-corrected chi connectivity index (χ3v) is 5.72. The number of amides is 3. The number of urea groups is 1. The van der Waals surface area contributed by atoms with Crippen LogP contribution in [0.2, 0.25) is 0 Å². The summed E-state index contributed by atoms with van der Waals surface area (Å²) in [6.45, 7) is 9.66. The summed E-state index contributed by atoms with van der Waals surface area (Å²) in [5, 5.41) is 13.9. The van der Waals surface area contributed by atoms with Gasteiger partial charge in [0, 0.05) is 38.9 Å². The monoisotopic (exact) mass is 368 g/mol. The summed E-state index contributed by atoms with van der Waals surface area (Å²) in [7, 11) is 0. The normalized spacial score (nSPS) is 24.4. The van der Waals surface area contributed by atoms with Gasteiger partial charge in [-0.2, -0.15) is 0 Å². The van der Waals surface area contributed by atoms with E-state index in [0.717, 1.165) is 39.1 Å². The Labute approximate surface area is 155 Å². The van der Waals surface area contributed by atoms with Crippen LogP contribution in [0.15, 0.2) is 0 Å². The van der Waals surface area contributed by atoms with Crippen molar-refractivity contribution < 1.29 is 24.4 Å². The molecule has 0 saturated carbocycles. The van der Waals surface area contributed by atoms with Crippen molar-refractivity contribution in [1.29, 1.82) is 0 Å². The Morgan fingerprint density at radius 2 is 1.81 bits per heavy atom. The van der Waals surface area contributed by atoms with Crippen molar-refractivity contribution in [3.05, 3.63) is 0 Å². The Balaban J connectivity index is 1.87. The van der Waals surface area contributed by atoms with Gasteiger partial charge >= 0.3 is 6.03 Å². The molecule has 0 aromatic rings. The Kier molecular flexibility index (Phi) is 7.68. The Morgan fingerprint density at radius 1 is 1.12 bits per heavy atom. The highest BCUT2D eigenvalue weighted by atomic mass is 16.4. The van der Waals surface area contributed by atoms with E-state index in [1.165, 1.54) is 4.90 Å². The maximum atomic E-state index is 12.1. The first kappa shape index (κ1) is 20.5. The van der Waals surface area contributed by atoms with Crippen molar-refractivity contribution in [3.8, 4) is 0 Å². The SMILES string of the molecule is CCNC(=O)N1CC[C@@H](CC(=O)[O-])[C@@H](CC[NH+]2CCN(C(C)=O)CC2)C1. The molecule has 0 aliphatic carbocycles. The number of piperazine rings is 1. The average Bonchev–Trinajstić information content (AvgIpc) is 2.61. The van der Waals surface area contributed by atoms with Gasteiger partial charge in [-0.15, -0.1) is 0 Å². The van der Waals surface area contributed by atoms with Gasteiger partial charge in [0.2, 0.25) is 5.91 Å². The van der Waals surface area contributed by atoms with Crippen LogP contribution < -0.4 is 15.3 Å². The van der Waals surface area contributed by atoms with E-state index in [9.17, 15) is 19.5 Å². The number of carbonyl (C=O) groups is 3. The molecule has 26 heavy (non-hydrogen) atoms. The molecule has 2 heterocycles. The van der Waals surface area contributed by atoms with E-state index in [2.05, 4.69) is 5.32 Å². The zero-order valence-corrected chi connectivity index (χ0v) is 16.0. The van der Waals surface area contributed by atoms with Crippen LogP contribution in [-0.2, 0) is 9.59 Å². The summed E-state index contributed by atoms with van der Waals surface area (Å²) in [5.41, 5.74) is 0. The van der Waals surface area contributed by atoms with E-state index in [0.29, 0.717) is 26.1 Å². The van der Waals surface area contributed by atoms with Gasteiger partial charge in [-0.1, -0.05) is 0 Å². The van der Waals surface area contributed by atoms with Crippen molar-refractivity contribution in [3.63, 3.8) is 0 Å². The van der Waals surface area contributed by atoms with Crippen LogP contribution in [0.3, 0.4) is 0 Å². The van der Waals surface area contributed by atoms with Crippen molar-refractivity contribution >= 4 is 17.9 Å². The molecule has 0 aromatic carbocycles. The van der Waals surface area contributed by atoms with Gasteiger partial charge in [-0.25, -0.2) is 4.79 Å². The van der Waals surface area contributed by atoms with Crippen molar-refractivity contribution in [2.75, 3.05) is 52.4 Å². The highest BCUT2D eigenvalue weighted by molar-refractivity contribution is 5.74. The number of aliphatic carboxylic acids is 1. The second-order valence-electron chi connectivity index (χ2n) is 7.46. The molecular weight excluding hydrogens is 336 g/mol. The molecule has 0 aromatic heterocycles. The van der Waals surface area contributed by atoms with Gasteiger partial charge in [0.25, 0.3) is 0 Å². The number of nitrogens with zero attached hydrogens (tertiary/aromatic N) is 2. The number of carbonyl (C=O) groups excluding carboxylic acids is 3. The van der Waals surface area contributed by atoms with Gasteiger partial charge in [-0.3, -0.25) is 4.79 Å². The molecule has 2 N–H and O–H groups in total. The van der Waals surface area contributed by atoms with Crippen LogP contribution in [-0.4, -0.2) is 80.1 Å². The van der Waals surface area contributed by atoms with Crippen molar-refractivity contribution in [2.24, 2.45) is 11.8 Å². The Bertz CT molecular complexity index is 505. The lowest BCUT2D eigenvalue weighted by molar-refractivity contribution is -0.904. The topological polar surface area (TPSA) is 97.2 Å². The number of piperidine rings is 1. The largest absolute Gasteiger partial charge is 0.550 e. The first-order chi connectivity index (χ1) is 12.4. The number of hydrogen-bond donors (Lipinski definition) is 2. The summed E-state index contributed by atoms with van der Waals surface area (Å²) in [6, 6.07) is -0.0631. The minimum atomic E-state index is -1.01. The number of hydrogen-bond acceptors (Lipinski definition) is 4. The first-order valence-corrected chi connectivity index (χ1v) is 9.72. The molecule has 8 heteroatoms. The van der Waals surface area contributed by atoms with Crippen LogP contribution in [0.4, 0.5) is 4.79 Å². The maximum Gasteiger partial charge on any atom is 0.317 e. The zero-order chi connectivity index (χ0) is 19.1. The molecule has 2 atom stereocenters. The van der Waals surface area contributed by atoms with Crippen LogP contribution in [0.25, 0.3) is 0 Å². The summed E-state index contributed by atoms with van der Waals surface area (Å²) >= 11 is 0. The van der Waals surface area contributed by atoms with Gasteiger partial charge in [0.05, 0.1) is 32.7 Å². The van der Waals surface area contributed by atoms with E-state index < -0.39 is 5.97 Å². The standard InChI is InChI=1S/C18H32N4O4/c1-3-19-18(26)22-7-5-15(12-17(24)25)16(13-22)4-6-20-8-10-21(11-9-20)14(2)23/h15-16H,3-13H2,1-2H3,(H,19,26)(H,24,25)/t15-,16-/m0/s1. The van der Waals surface area contributed by atoms with Crippen LogP contribution in [0, 0.1) is 11.8 Å². The van der Waals surface area contributed by atoms with E-state index in [-0.39, 0.29) is 30.2 Å². The number of likely N-dealkylation sites (tertiary alicyclic amines) is 1. The first-order valence-electron chi connectivity index (χ1n) is 9.72. The Hall–Kier alpha value is -1.83. The summed E-state index contributed by atoms with van der Waals surface area (Å²) in [6.07, 6.45) is 1.67. The lowest BCUT2D eigenvalue weighted by Crippen LogP contribution is -3.14. The second kappa shape index (κ2) is 9.75. The fourth-order valence-corrected chi connectivity index (χ4v) is 4.12. The highest BCUT2D eigenvalue weighted by Crippen LogP contribution is 2.28. The molecule has 0 radical (unpaired) electrons. The van der Waals surface area contributed by atoms with E-state index >= 15 is 0 Å². The van der Waals surface area contributed by atoms with Crippen molar-refractivity contribution in [2.45, 2.75) is 33.1 Å². The third kappa shape index (κ3) is 5.86. The Morgan fingerprint density at radius 3 is 2.38 bits per heavy atom. The number of nitrogens with one attached hydrogen (secondary N) is 2. The molecule has 148 valence electrons. The number of carboxylic acids is 1. The van der Waals surface area contributed by atoms with Crippen LogP contribution in [0.5, 0.6) is 0 Å². The molecule has 0 spiro atoms. The van der Waals surface area contributed by atoms with Gasteiger partial charge in [-0.05, 0) is 31.6 Å². The molecule has 0 bridgehead atoms. The minimum Gasteiger partial charge on any atom is -0.550 e. The molecule has 2 aliphatic heterocycles. The van der Waals surface area contributed by atoms with E-state index in [1.807, 2.05) is 16.7 Å². The van der Waals surface area contributed by atoms with E-state index in [1.54, 1.807) is 6.92 Å². The smallest absolute Gasteiger partial charge is 0.317 e. The van der Waals surface area contributed by atoms with E-state index in [4.69, 9.17) is 0 Å². The minimum absolute atomic E-state index is 0.0631. The average molecular weight is 368 g/mol. The van der Waals surface area contributed by atoms with Crippen LogP contribution in [0.1, 0.15) is 33.1 Å². The molecular formula is C18H32N4O4. The van der Waals surface area contributed by atoms with Crippen LogP contribution >= 0.6 is 0 Å². The lowest BCUT2D eigenvalue weighted by atomic mass is 9.81. The van der Waals surface area contributed by atoms with Gasteiger partial charge in [0.1, 0.15) is 0 Å². The molecule has 0 unspecified atom stereocenters. The second-order valence-corrected chi connectivity index (χ2v) is 7.46. The quantitative estimate of drug-likeness (QED) is 0.563. The zero-order valence-electron chi connectivity index (χ0n) is 16.0. The molecule has 2 aliphatic rings. The third-order valence-electron chi connectivity index (χ3n) is 5.72. The summed E-state index contributed by atoms with van der Waals surface area (Å²) in [5.74, 6) is -0.622. The number of quaternary nitrogens is 1. The summed E-state index contributed by atoms with van der Waals surface area (Å²) in [4.78, 5) is 39.8. The predicted molar refractivity (Wildman–Crippen MR) is 94.3 cm³/mol. The molecule has 8 nitrogen and oxygen atoms in total. The summed E-state index contributed by atoms with van der Waals surface area (Å²) < 4.78 is 0. The maximum absolute atomic E-state index is 12.1. The molecule has 3 amide bonds. The number of carboxylic acid groups (broad SMARTS) is 1. The predicted octanol–water partition coefficient (Wildman–Crippen LogP) is -2.07. The van der Waals surface area contributed by atoms with Gasteiger partial charge in [0.15, 0.2) is 0 Å². The fraction of sp³-hybridized carbons (Fsp3) is 0.833. The highest BCUT2D eigenvalue weighted by Gasteiger charge is 2.32.